The number of hydrogen-bond acceptors (Lipinski definition) is 2. The molecule has 0 radical (unpaired) electrons. The maximum Gasteiger partial charge on any atom is 0.150 e. The van der Waals surface area contributed by atoms with Gasteiger partial charge >= 0.3 is 0 Å². The first-order valence-corrected chi connectivity index (χ1v) is 6.98. The van der Waals surface area contributed by atoms with Crippen molar-refractivity contribution in [2.75, 3.05) is 0 Å². The van der Waals surface area contributed by atoms with Crippen molar-refractivity contribution in [1.29, 1.82) is 0 Å². The molecule has 0 atom stereocenters. The molecule has 0 aliphatic heterocycles. The van der Waals surface area contributed by atoms with Gasteiger partial charge in [-0.3, -0.25) is 4.79 Å². The Morgan fingerprint density at radius 1 is 1.21 bits per heavy atom. The predicted molar refractivity (Wildman–Crippen MR) is 79.7 cm³/mol. The summed E-state index contributed by atoms with van der Waals surface area (Å²) in [6.07, 6.45) is 1.69. The minimum Gasteiger partial charge on any atom is -0.488 e. The van der Waals surface area contributed by atoms with E-state index in [2.05, 4.69) is 15.9 Å². The van der Waals surface area contributed by atoms with Gasteiger partial charge in [-0.1, -0.05) is 37.3 Å². The number of hydrogen-bond donors (Lipinski definition) is 0. The molecule has 0 unspecified atom stereocenters. The summed E-state index contributed by atoms with van der Waals surface area (Å²) in [7, 11) is 0. The van der Waals surface area contributed by atoms with Crippen LogP contribution in [0.2, 0.25) is 0 Å². The van der Waals surface area contributed by atoms with Gasteiger partial charge in [0.05, 0.1) is 4.47 Å². The van der Waals surface area contributed by atoms with Crippen LogP contribution >= 0.6 is 15.9 Å². The van der Waals surface area contributed by atoms with Gasteiger partial charge in [-0.15, -0.1) is 0 Å². The molecule has 98 valence electrons. The summed E-state index contributed by atoms with van der Waals surface area (Å²) in [5.41, 5.74) is 2.83. The van der Waals surface area contributed by atoms with Crippen LogP contribution in [-0.4, -0.2) is 6.29 Å². The van der Waals surface area contributed by atoms with Crippen LogP contribution in [0, 0.1) is 0 Å². The quantitative estimate of drug-likeness (QED) is 0.764. The largest absolute Gasteiger partial charge is 0.488 e. The Balaban J connectivity index is 2.18. The number of aryl methyl sites for hydroxylation is 1. The summed E-state index contributed by atoms with van der Waals surface area (Å²) in [5, 5.41) is 0. The van der Waals surface area contributed by atoms with E-state index in [1.807, 2.05) is 49.4 Å². The van der Waals surface area contributed by atoms with Gasteiger partial charge < -0.3 is 4.74 Å². The lowest BCUT2D eigenvalue weighted by Gasteiger charge is -2.11. The first-order chi connectivity index (χ1) is 9.24. The van der Waals surface area contributed by atoms with Gasteiger partial charge in [-0.2, -0.15) is 0 Å². The van der Waals surface area contributed by atoms with E-state index in [1.165, 1.54) is 0 Å². The van der Waals surface area contributed by atoms with Crippen LogP contribution in [0.4, 0.5) is 0 Å². The fourth-order valence-electron chi connectivity index (χ4n) is 1.87. The van der Waals surface area contributed by atoms with Gasteiger partial charge in [0.25, 0.3) is 0 Å². The van der Waals surface area contributed by atoms with Gasteiger partial charge in [0.1, 0.15) is 18.6 Å². The standard InChI is InChI=1S/C16H15BrO2/c1-2-13-9-16(15(17)8-14(13)10-18)19-11-12-6-4-3-5-7-12/h3-10H,2,11H2,1H3. The lowest BCUT2D eigenvalue weighted by atomic mass is 10.1. The summed E-state index contributed by atoms with van der Waals surface area (Å²) in [6, 6.07) is 13.7. The van der Waals surface area contributed by atoms with Crippen LogP contribution in [0.3, 0.4) is 0 Å². The number of carbonyl (C=O) groups is 1. The van der Waals surface area contributed by atoms with Crippen molar-refractivity contribution in [3.8, 4) is 5.75 Å². The molecule has 0 bridgehead atoms. The Bertz CT molecular complexity index is 564. The zero-order valence-electron chi connectivity index (χ0n) is 10.7. The minimum atomic E-state index is 0.517. The molecule has 2 aromatic rings. The highest BCUT2D eigenvalue weighted by Crippen LogP contribution is 2.29. The Morgan fingerprint density at radius 2 is 1.95 bits per heavy atom. The lowest BCUT2D eigenvalue weighted by molar-refractivity contribution is 0.112. The summed E-state index contributed by atoms with van der Waals surface area (Å²) in [6.45, 7) is 2.54. The highest BCUT2D eigenvalue weighted by atomic mass is 79.9. The Kier molecular flexibility index (Phi) is 4.74. The molecule has 3 heteroatoms. The van der Waals surface area contributed by atoms with Crippen molar-refractivity contribution in [3.05, 3.63) is 63.6 Å². The molecule has 2 aromatic carbocycles. The van der Waals surface area contributed by atoms with E-state index in [0.717, 1.165) is 34.1 Å². The fraction of sp³-hybridized carbons (Fsp3) is 0.188. The van der Waals surface area contributed by atoms with Crippen molar-refractivity contribution in [1.82, 2.24) is 0 Å². The number of aldehydes is 1. The third-order valence-electron chi connectivity index (χ3n) is 2.94. The number of carbonyl (C=O) groups excluding carboxylic acids is 1. The van der Waals surface area contributed by atoms with Gasteiger partial charge in [0.2, 0.25) is 0 Å². The monoisotopic (exact) mass is 318 g/mol. The van der Waals surface area contributed by atoms with Crippen LogP contribution in [0.15, 0.2) is 46.9 Å². The van der Waals surface area contributed by atoms with Crippen molar-refractivity contribution >= 4 is 22.2 Å². The molecular weight excluding hydrogens is 304 g/mol. The highest BCUT2D eigenvalue weighted by Gasteiger charge is 2.08. The molecule has 0 saturated carbocycles. The third kappa shape index (κ3) is 3.44. The zero-order valence-corrected chi connectivity index (χ0v) is 12.3. The van der Waals surface area contributed by atoms with E-state index in [-0.39, 0.29) is 0 Å². The van der Waals surface area contributed by atoms with E-state index in [1.54, 1.807) is 0 Å². The summed E-state index contributed by atoms with van der Waals surface area (Å²) < 4.78 is 6.61. The van der Waals surface area contributed by atoms with Gasteiger partial charge in [-0.25, -0.2) is 0 Å². The van der Waals surface area contributed by atoms with Crippen LogP contribution < -0.4 is 4.74 Å². The Morgan fingerprint density at radius 3 is 2.58 bits per heavy atom. The summed E-state index contributed by atoms with van der Waals surface area (Å²) >= 11 is 3.44. The second kappa shape index (κ2) is 6.53. The molecule has 2 rings (SSSR count). The SMILES string of the molecule is CCc1cc(OCc2ccccc2)c(Br)cc1C=O. The maximum atomic E-state index is 11.0. The number of benzene rings is 2. The van der Waals surface area contributed by atoms with Crippen LogP contribution in [-0.2, 0) is 13.0 Å². The fourth-order valence-corrected chi connectivity index (χ4v) is 2.35. The Labute approximate surface area is 121 Å². The second-order valence-electron chi connectivity index (χ2n) is 4.23. The highest BCUT2D eigenvalue weighted by molar-refractivity contribution is 9.10. The molecule has 0 aliphatic carbocycles. The normalized spacial score (nSPS) is 10.2. The maximum absolute atomic E-state index is 11.0. The van der Waals surface area contributed by atoms with E-state index in [0.29, 0.717) is 12.2 Å². The molecule has 0 amide bonds. The number of halogens is 1. The second-order valence-corrected chi connectivity index (χ2v) is 5.08. The molecule has 0 N–H and O–H groups in total. The van der Waals surface area contributed by atoms with E-state index in [9.17, 15) is 4.79 Å². The first kappa shape index (κ1) is 13.8. The molecule has 0 aromatic heterocycles. The van der Waals surface area contributed by atoms with Gasteiger partial charge in [0.15, 0.2) is 0 Å². The predicted octanol–water partition coefficient (Wildman–Crippen LogP) is 4.40. The number of rotatable bonds is 5. The van der Waals surface area contributed by atoms with Crippen LogP contribution in [0.5, 0.6) is 5.75 Å². The first-order valence-electron chi connectivity index (χ1n) is 6.19. The number of ether oxygens (including phenoxy) is 1. The van der Waals surface area contributed by atoms with Crippen molar-refractivity contribution in [2.24, 2.45) is 0 Å². The minimum absolute atomic E-state index is 0.517. The van der Waals surface area contributed by atoms with E-state index >= 15 is 0 Å². The molecule has 2 nitrogen and oxygen atoms in total. The average molecular weight is 319 g/mol. The average Bonchev–Trinajstić information content (AvgIpc) is 2.46. The summed E-state index contributed by atoms with van der Waals surface area (Å²) in [4.78, 5) is 11.0. The molecule has 0 saturated heterocycles. The van der Waals surface area contributed by atoms with E-state index < -0.39 is 0 Å². The van der Waals surface area contributed by atoms with Crippen molar-refractivity contribution in [3.63, 3.8) is 0 Å². The topological polar surface area (TPSA) is 26.3 Å². The smallest absolute Gasteiger partial charge is 0.150 e. The third-order valence-corrected chi connectivity index (χ3v) is 3.56. The molecular formula is C16H15BrO2. The van der Waals surface area contributed by atoms with Crippen LogP contribution in [0.25, 0.3) is 0 Å². The molecule has 0 fully saturated rings. The summed E-state index contributed by atoms with van der Waals surface area (Å²) in [5.74, 6) is 0.770. The lowest BCUT2D eigenvalue weighted by Crippen LogP contribution is -1.99. The van der Waals surface area contributed by atoms with Gasteiger partial charge in [-0.05, 0) is 45.6 Å². The molecule has 19 heavy (non-hydrogen) atoms. The zero-order chi connectivity index (χ0) is 13.7. The molecule has 0 aliphatic rings. The van der Waals surface area contributed by atoms with E-state index in [4.69, 9.17) is 4.74 Å². The molecule has 0 heterocycles. The van der Waals surface area contributed by atoms with Gasteiger partial charge in [0, 0.05) is 5.56 Å². The van der Waals surface area contributed by atoms with Crippen molar-refractivity contribution in [2.45, 2.75) is 20.0 Å². The Hall–Kier alpha value is -1.61. The molecule has 0 spiro atoms. The van der Waals surface area contributed by atoms with Crippen LogP contribution in [0.1, 0.15) is 28.4 Å². The van der Waals surface area contributed by atoms with Crippen molar-refractivity contribution < 1.29 is 9.53 Å².